The number of carbonyl (C=O) groups is 1. The van der Waals surface area contributed by atoms with Gasteiger partial charge >= 0.3 is 6.61 Å². The van der Waals surface area contributed by atoms with Gasteiger partial charge in [-0.2, -0.15) is 8.78 Å². The van der Waals surface area contributed by atoms with E-state index in [1.165, 1.54) is 30.3 Å². The Labute approximate surface area is 117 Å². The number of halogens is 3. The van der Waals surface area contributed by atoms with Crippen LogP contribution in [0.15, 0.2) is 36.4 Å². The first kappa shape index (κ1) is 14.1. The molecule has 0 saturated carbocycles. The van der Waals surface area contributed by atoms with Crippen LogP contribution in [0.3, 0.4) is 0 Å². The number of rotatable bonds is 4. The number of para-hydroxylation sites is 2. The largest absolute Gasteiger partial charge is 0.433 e. The number of amides is 1. The molecule has 8 heteroatoms. The van der Waals surface area contributed by atoms with Crippen LogP contribution in [0.5, 0.6) is 5.75 Å². The van der Waals surface area contributed by atoms with E-state index in [2.05, 4.69) is 20.3 Å². The van der Waals surface area contributed by atoms with Crippen molar-refractivity contribution in [2.75, 3.05) is 5.32 Å². The molecule has 0 unspecified atom stereocenters. The van der Waals surface area contributed by atoms with Crippen LogP contribution in [0.25, 0.3) is 0 Å². The van der Waals surface area contributed by atoms with Crippen molar-refractivity contribution in [3.63, 3.8) is 0 Å². The highest BCUT2D eigenvalue weighted by atomic mass is 35.5. The smallest absolute Gasteiger partial charge is 0.387 e. The van der Waals surface area contributed by atoms with E-state index < -0.39 is 12.5 Å². The van der Waals surface area contributed by atoms with Gasteiger partial charge in [0.05, 0.1) is 5.69 Å². The van der Waals surface area contributed by atoms with Gasteiger partial charge in [-0.3, -0.25) is 4.79 Å². The fourth-order valence-electron chi connectivity index (χ4n) is 1.39. The van der Waals surface area contributed by atoms with Gasteiger partial charge in [-0.15, -0.1) is 10.2 Å². The quantitative estimate of drug-likeness (QED) is 0.942. The molecule has 1 N–H and O–H groups in total. The maximum absolute atomic E-state index is 12.2. The van der Waals surface area contributed by atoms with Gasteiger partial charge in [0.1, 0.15) is 5.75 Å². The normalized spacial score (nSPS) is 10.4. The molecule has 1 heterocycles. The molecular weight excluding hydrogens is 292 g/mol. The van der Waals surface area contributed by atoms with E-state index in [1.807, 2.05) is 0 Å². The monoisotopic (exact) mass is 299 g/mol. The van der Waals surface area contributed by atoms with E-state index in [1.54, 1.807) is 6.07 Å². The van der Waals surface area contributed by atoms with Crippen molar-refractivity contribution in [2.24, 2.45) is 0 Å². The first-order valence-corrected chi connectivity index (χ1v) is 5.78. The van der Waals surface area contributed by atoms with Crippen molar-refractivity contribution in [2.45, 2.75) is 6.61 Å². The molecule has 0 aliphatic rings. The third kappa shape index (κ3) is 3.61. The molecule has 0 bridgehead atoms. The molecule has 0 aliphatic heterocycles. The van der Waals surface area contributed by atoms with Crippen LogP contribution in [0, 0.1) is 0 Å². The number of nitrogens with one attached hydrogen (secondary N) is 1. The van der Waals surface area contributed by atoms with Crippen LogP contribution in [0.4, 0.5) is 14.5 Å². The maximum Gasteiger partial charge on any atom is 0.387 e. The van der Waals surface area contributed by atoms with Gasteiger partial charge in [0.2, 0.25) is 0 Å². The standard InChI is InChI=1S/C12H8ClF2N3O2/c13-10-6-5-8(17-18-10)11(19)16-7-3-1-2-4-9(7)20-12(14)15/h1-6,12H,(H,16,19). The van der Waals surface area contributed by atoms with Crippen molar-refractivity contribution in [3.05, 3.63) is 47.2 Å². The summed E-state index contributed by atoms with van der Waals surface area (Å²) in [5, 5.41) is 9.65. The molecule has 0 radical (unpaired) electrons. The number of anilines is 1. The summed E-state index contributed by atoms with van der Waals surface area (Å²) in [6, 6.07) is 8.58. The summed E-state index contributed by atoms with van der Waals surface area (Å²) in [4.78, 5) is 11.9. The second kappa shape index (κ2) is 6.25. The predicted molar refractivity (Wildman–Crippen MR) is 68.1 cm³/mol. The number of ether oxygens (including phenoxy) is 1. The Balaban J connectivity index is 2.17. The number of benzene rings is 1. The van der Waals surface area contributed by atoms with Crippen molar-refractivity contribution in [3.8, 4) is 5.75 Å². The van der Waals surface area contributed by atoms with E-state index in [9.17, 15) is 13.6 Å². The minimum absolute atomic E-state index is 0.00116. The summed E-state index contributed by atoms with van der Waals surface area (Å²) in [5.41, 5.74) is 0.107. The van der Waals surface area contributed by atoms with Gasteiger partial charge in [0.25, 0.3) is 5.91 Å². The number of nitrogens with zero attached hydrogens (tertiary/aromatic N) is 2. The zero-order valence-electron chi connectivity index (χ0n) is 9.89. The minimum Gasteiger partial charge on any atom is -0.433 e. The number of hydrogen-bond acceptors (Lipinski definition) is 4. The van der Waals surface area contributed by atoms with Gasteiger partial charge < -0.3 is 10.1 Å². The molecular formula is C12H8ClF2N3O2. The molecule has 2 rings (SSSR count). The fourth-order valence-corrected chi connectivity index (χ4v) is 1.49. The van der Waals surface area contributed by atoms with Gasteiger partial charge in [0.15, 0.2) is 10.8 Å². The second-order valence-corrected chi connectivity index (χ2v) is 3.96. The topological polar surface area (TPSA) is 64.1 Å². The molecule has 0 aliphatic carbocycles. The summed E-state index contributed by atoms with van der Waals surface area (Å²) in [6.07, 6.45) is 0. The Kier molecular flexibility index (Phi) is 4.41. The lowest BCUT2D eigenvalue weighted by Gasteiger charge is -2.11. The van der Waals surface area contributed by atoms with E-state index >= 15 is 0 Å². The van der Waals surface area contributed by atoms with Crippen molar-refractivity contribution < 1.29 is 18.3 Å². The van der Waals surface area contributed by atoms with Crippen LogP contribution in [0.1, 0.15) is 10.5 Å². The van der Waals surface area contributed by atoms with Crippen LogP contribution < -0.4 is 10.1 Å². The molecule has 2 aromatic rings. The molecule has 0 spiro atoms. The molecule has 1 aromatic carbocycles. The highest BCUT2D eigenvalue weighted by Crippen LogP contribution is 2.25. The third-order valence-corrected chi connectivity index (χ3v) is 2.42. The molecule has 0 saturated heterocycles. The van der Waals surface area contributed by atoms with E-state index in [0.717, 1.165) is 0 Å². The molecule has 1 aromatic heterocycles. The number of carbonyl (C=O) groups excluding carboxylic acids is 1. The fraction of sp³-hybridized carbons (Fsp3) is 0.0833. The van der Waals surface area contributed by atoms with Crippen LogP contribution in [0.2, 0.25) is 5.15 Å². The summed E-state index contributed by atoms with van der Waals surface area (Å²) in [7, 11) is 0. The predicted octanol–water partition coefficient (Wildman–Crippen LogP) is 2.98. The Hall–Kier alpha value is -2.28. The van der Waals surface area contributed by atoms with Gasteiger partial charge in [-0.05, 0) is 24.3 Å². The maximum atomic E-state index is 12.2. The lowest BCUT2D eigenvalue weighted by Crippen LogP contribution is -2.15. The molecule has 104 valence electrons. The lowest BCUT2D eigenvalue weighted by molar-refractivity contribution is -0.0493. The van der Waals surface area contributed by atoms with Crippen molar-refractivity contribution in [1.29, 1.82) is 0 Å². The van der Waals surface area contributed by atoms with Gasteiger partial charge in [0, 0.05) is 0 Å². The lowest BCUT2D eigenvalue weighted by atomic mass is 10.2. The minimum atomic E-state index is -2.98. The molecule has 0 atom stereocenters. The van der Waals surface area contributed by atoms with Gasteiger partial charge in [-0.25, -0.2) is 0 Å². The zero-order chi connectivity index (χ0) is 14.5. The Morgan fingerprint density at radius 3 is 2.60 bits per heavy atom. The van der Waals surface area contributed by atoms with Crippen LogP contribution in [-0.4, -0.2) is 22.7 Å². The highest BCUT2D eigenvalue weighted by Gasteiger charge is 2.13. The summed E-state index contributed by atoms with van der Waals surface area (Å²) < 4.78 is 28.8. The molecule has 0 fully saturated rings. The second-order valence-electron chi connectivity index (χ2n) is 3.57. The van der Waals surface area contributed by atoms with E-state index in [-0.39, 0.29) is 22.3 Å². The van der Waals surface area contributed by atoms with Crippen LogP contribution in [-0.2, 0) is 0 Å². The highest BCUT2D eigenvalue weighted by molar-refractivity contribution is 6.29. The SMILES string of the molecule is O=C(Nc1ccccc1OC(F)F)c1ccc(Cl)nn1. The number of alkyl halides is 2. The Morgan fingerprint density at radius 1 is 1.20 bits per heavy atom. The van der Waals surface area contributed by atoms with Crippen LogP contribution >= 0.6 is 11.6 Å². The Morgan fingerprint density at radius 2 is 1.95 bits per heavy atom. The molecule has 5 nitrogen and oxygen atoms in total. The first-order chi connectivity index (χ1) is 9.56. The third-order valence-electron chi connectivity index (χ3n) is 2.22. The number of aromatic nitrogens is 2. The Bertz CT molecular complexity index is 608. The zero-order valence-corrected chi connectivity index (χ0v) is 10.6. The molecule has 20 heavy (non-hydrogen) atoms. The molecule has 1 amide bonds. The average molecular weight is 300 g/mol. The summed E-state index contributed by atoms with van der Waals surface area (Å²) in [6.45, 7) is -2.98. The first-order valence-electron chi connectivity index (χ1n) is 5.40. The van der Waals surface area contributed by atoms with Gasteiger partial charge in [-0.1, -0.05) is 23.7 Å². The number of hydrogen-bond donors (Lipinski definition) is 1. The summed E-state index contributed by atoms with van der Waals surface area (Å²) >= 11 is 5.55. The van der Waals surface area contributed by atoms with E-state index in [0.29, 0.717) is 0 Å². The summed E-state index contributed by atoms with van der Waals surface area (Å²) in [5.74, 6) is -0.753. The van der Waals surface area contributed by atoms with Crippen molar-refractivity contribution in [1.82, 2.24) is 10.2 Å². The van der Waals surface area contributed by atoms with Crippen molar-refractivity contribution >= 4 is 23.2 Å². The van der Waals surface area contributed by atoms with E-state index in [4.69, 9.17) is 11.6 Å². The average Bonchev–Trinajstić information content (AvgIpc) is 2.41.